The molecule has 0 radical (unpaired) electrons. The van der Waals surface area contributed by atoms with Crippen LogP contribution in [0.5, 0.6) is 0 Å². The molecule has 0 bridgehead atoms. The molecule has 2 saturated heterocycles. The van der Waals surface area contributed by atoms with Crippen LogP contribution in [0, 0.1) is 11.3 Å². The molecule has 2 atom stereocenters. The Morgan fingerprint density at radius 1 is 1.38 bits per heavy atom. The Bertz CT molecular complexity index is 575. The molecule has 3 rings (SSSR count). The molecule has 1 aromatic heterocycles. The number of carbonyl (C=O) groups is 1. The molecule has 0 amide bonds. The van der Waals surface area contributed by atoms with Crippen LogP contribution in [0.25, 0.3) is 0 Å². The highest BCUT2D eigenvalue weighted by molar-refractivity contribution is 5.78. The van der Waals surface area contributed by atoms with E-state index in [2.05, 4.69) is 28.8 Å². The van der Waals surface area contributed by atoms with E-state index < -0.39 is 0 Å². The number of likely N-dealkylation sites (N-methyl/N-ethyl adjacent to an activating group) is 1. The van der Waals surface area contributed by atoms with Gasteiger partial charge in [-0.1, -0.05) is 0 Å². The minimum absolute atomic E-state index is 0.0162. The molecule has 0 unspecified atom stereocenters. The third-order valence-electron chi connectivity index (χ3n) is 5.87. The van der Waals surface area contributed by atoms with Crippen LogP contribution in [0.4, 0.5) is 0 Å². The lowest BCUT2D eigenvalue weighted by Crippen LogP contribution is -2.42. The number of carbonyl (C=O) groups excluding carboxylic acids is 1. The zero-order valence-electron chi connectivity index (χ0n) is 16.4. The van der Waals surface area contributed by atoms with Gasteiger partial charge in [0.25, 0.3) is 0 Å². The van der Waals surface area contributed by atoms with Gasteiger partial charge in [-0.3, -0.25) is 9.69 Å². The molecule has 0 aromatic carbocycles. The quantitative estimate of drug-likeness (QED) is 0.690. The summed E-state index contributed by atoms with van der Waals surface area (Å²) in [5.74, 6) is 0.348. The van der Waals surface area contributed by atoms with Gasteiger partial charge in [-0.25, -0.2) is 0 Å². The van der Waals surface area contributed by atoms with Gasteiger partial charge in [0.2, 0.25) is 0 Å². The minimum atomic E-state index is -0.340. The molecule has 3 heterocycles. The Kier molecular flexibility index (Phi) is 6.37. The summed E-state index contributed by atoms with van der Waals surface area (Å²) >= 11 is 0. The van der Waals surface area contributed by atoms with Crippen molar-refractivity contribution in [3.8, 4) is 0 Å². The van der Waals surface area contributed by atoms with E-state index in [1.165, 1.54) is 5.56 Å². The number of hydrogen-bond acceptors (Lipinski definition) is 6. The standard InChI is InChI=1S/C20H33N3O3/c1-4-26-19(24)20-7-5-8-22(12-17-6-11-25-15-17)13-18(20)14-23(16-20)10-9-21(2)3/h6,11,15,18H,4-5,7-10,12-14,16H2,1-3H3/t18-,20-/m0/s1. The molecular weight excluding hydrogens is 330 g/mol. The van der Waals surface area contributed by atoms with Gasteiger partial charge >= 0.3 is 5.97 Å². The van der Waals surface area contributed by atoms with Crippen molar-refractivity contribution in [2.75, 3.05) is 60.0 Å². The fourth-order valence-electron chi connectivity index (χ4n) is 4.52. The summed E-state index contributed by atoms with van der Waals surface area (Å²) in [5, 5.41) is 0. The SMILES string of the molecule is CCOC(=O)[C@]12CCCN(Cc3ccoc3)C[C@H]1CN(CCN(C)C)C2. The van der Waals surface area contributed by atoms with Crippen LogP contribution in [-0.2, 0) is 16.1 Å². The first-order valence-corrected chi connectivity index (χ1v) is 9.81. The van der Waals surface area contributed by atoms with Crippen LogP contribution in [0.15, 0.2) is 23.0 Å². The molecule has 0 spiro atoms. The van der Waals surface area contributed by atoms with Gasteiger partial charge in [0.05, 0.1) is 24.5 Å². The third kappa shape index (κ3) is 4.30. The first-order chi connectivity index (χ1) is 12.5. The third-order valence-corrected chi connectivity index (χ3v) is 5.87. The van der Waals surface area contributed by atoms with E-state index in [-0.39, 0.29) is 11.4 Å². The fourth-order valence-corrected chi connectivity index (χ4v) is 4.52. The molecule has 6 heteroatoms. The second kappa shape index (κ2) is 8.55. The van der Waals surface area contributed by atoms with Crippen molar-refractivity contribution < 1.29 is 13.9 Å². The van der Waals surface area contributed by atoms with Crippen molar-refractivity contribution in [2.24, 2.45) is 11.3 Å². The number of esters is 1. The summed E-state index contributed by atoms with van der Waals surface area (Å²) in [7, 11) is 4.20. The predicted octanol–water partition coefficient (Wildman–Crippen LogP) is 1.92. The number of nitrogens with zero attached hydrogens (tertiary/aromatic N) is 3. The zero-order valence-corrected chi connectivity index (χ0v) is 16.4. The number of ether oxygens (including phenoxy) is 1. The van der Waals surface area contributed by atoms with E-state index >= 15 is 0 Å². The largest absolute Gasteiger partial charge is 0.472 e. The highest BCUT2D eigenvalue weighted by Gasteiger charge is 2.53. The summed E-state index contributed by atoms with van der Waals surface area (Å²) in [6.45, 7) is 9.08. The van der Waals surface area contributed by atoms with Crippen LogP contribution in [-0.4, -0.2) is 80.6 Å². The molecule has 0 aliphatic carbocycles. The van der Waals surface area contributed by atoms with E-state index in [4.69, 9.17) is 9.15 Å². The Balaban J connectivity index is 1.73. The van der Waals surface area contributed by atoms with Gasteiger partial charge in [0.1, 0.15) is 0 Å². The van der Waals surface area contributed by atoms with Gasteiger partial charge in [-0.2, -0.15) is 0 Å². The molecule has 0 saturated carbocycles. The van der Waals surface area contributed by atoms with E-state index in [0.717, 1.165) is 58.7 Å². The molecule has 26 heavy (non-hydrogen) atoms. The van der Waals surface area contributed by atoms with E-state index in [0.29, 0.717) is 12.5 Å². The van der Waals surface area contributed by atoms with E-state index in [9.17, 15) is 4.79 Å². The van der Waals surface area contributed by atoms with Crippen molar-refractivity contribution >= 4 is 5.97 Å². The topological polar surface area (TPSA) is 49.2 Å². The first-order valence-electron chi connectivity index (χ1n) is 9.81. The highest BCUT2D eigenvalue weighted by Crippen LogP contribution is 2.43. The number of furan rings is 1. The van der Waals surface area contributed by atoms with Gasteiger partial charge in [0.15, 0.2) is 0 Å². The molecular formula is C20H33N3O3. The van der Waals surface area contributed by atoms with Crippen molar-refractivity contribution in [3.05, 3.63) is 24.2 Å². The van der Waals surface area contributed by atoms with Crippen molar-refractivity contribution in [1.82, 2.24) is 14.7 Å². The molecule has 6 nitrogen and oxygen atoms in total. The molecule has 146 valence electrons. The van der Waals surface area contributed by atoms with Crippen molar-refractivity contribution in [2.45, 2.75) is 26.3 Å². The zero-order chi connectivity index (χ0) is 18.6. The van der Waals surface area contributed by atoms with E-state index in [1.54, 1.807) is 6.26 Å². The first kappa shape index (κ1) is 19.4. The fraction of sp³-hybridized carbons (Fsp3) is 0.750. The lowest BCUT2D eigenvalue weighted by atomic mass is 9.75. The monoisotopic (exact) mass is 363 g/mol. The summed E-state index contributed by atoms with van der Waals surface area (Å²) in [4.78, 5) is 20.1. The smallest absolute Gasteiger partial charge is 0.313 e. The van der Waals surface area contributed by atoms with Crippen LogP contribution in [0.2, 0.25) is 0 Å². The van der Waals surface area contributed by atoms with Gasteiger partial charge in [-0.15, -0.1) is 0 Å². The summed E-state index contributed by atoms with van der Waals surface area (Å²) < 4.78 is 10.8. The predicted molar refractivity (Wildman–Crippen MR) is 101 cm³/mol. The minimum Gasteiger partial charge on any atom is -0.472 e. The summed E-state index contributed by atoms with van der Waals surface area (Å²) in [5.41, 5.74) is 0.865. The Morgan fingerprint density at radius 3 is 2.88 bits per heavy atom. The number of hydrogen-bond donors (Lipinski definition) is 0. The summed E-state index contributed by atoms with van der Waals surface area (Å²) in [6.07, 6.45) is 5.52. The maximum Gasteiger partial charge on any atom is 0.313 e. The maximum absolute atomic E-state index is 13.0. The van der Waals surface area contributed by atoms with E-state index in [1.807, 2.05) is 19.3 Å². The Labute approximate surface area is 157 Å². The Morgan fingerprint density at radius 2 is 2.19 bits per heavy atom. The highest BCUT2D eigenvalue weighted by atomic mass is 16.5. The molecule has 2 aliphatic rings. The Hall–Kier alpha value is -1.37. The maximum atomic E-state index is 13.0. The average molecular weight is 364 g/mol. The van der Waals surface area contributed by atoms with Crippen molar-refractivity contribution in [3.63, 3.8) is 0 Å². The lowest BCUT2D eigenvalue weighted by Gasteiger charge is -2.31. The van der Waals surface area contributed by atoms with Gasteiger partial charge < -0.3 is 19.0 Å². The van der Waals surface area contributed by atoms with Crippen LogP contribution in [0.1, 0.15) is 25.3 Å². The molecule has 0 N–H and O–H groups in total. The van der Waals surface area contributed by atoms with Crippen LogP contribution in [0.3, 0.4) is 0 Å². The van der Waals surface area contributed by atoms with Crippen molar-refractivity contribution in [1.29, 1.82) is 0 Å². The number of rotatable bonds is 7. The number of likely N-dealkylation sites (tertiary alicyclic amines) is 2. The molecule has 1 aromatic rings. The number of fused-ring (bicyclic) bond motifs is 1. The average Bonchev–Trinajstić information content (AvgIpc) is 3.18. The second-order valence-electron chi connectivity index (χ2n) is 8.08. The normalized spacial score (nSPS) is 27.5. The van der Waals surface area contributed by atoms with Crippen LogP contribution < -0.4 is 0 Å². The summed E-state index contributed by atoms with van der Waals surface area (Å²) in [6, 6.07) is 2.03. The van der Waals surface area contributed by atoms with Gasteiger partial charge in [-0.05, 0) is 46.5 Å². The lowest BCUT2D eigenvalue weighted by molar-refractivity contribution is -0.157. The van der Waals surface area contributed by atoms with Gasteiger partial charge in [0, 0.05) is 50.7 Å². The molecule has 2 fully saturated rings. The van der Waals surface area contributed by atoms with Crippen LogP contribution >= 0.6 is 0 Å². The molecule has 2 aliphatic heterocycles. The second-order valence-corrected chi connectivity index (χ2v) is 8.08.